The predicted octanol–water partition coefficient (Wildman–Crippen LogP) is 4.22. The molecule has 2 aromatic rings. The van der Waals surface area contributed by atoms with E-state index in [1.54, 1.807) is 46.8 Å². The summed E-state index contributed by atoms with van der Waals surface area (Å²) in [4.78, 5) is 51.2. The first-order valence-electron chi connectivity index (χ1n) is 9.39. The van der Waals surface area contributed by atoms with Crippen molar-refractivity contribution in [2.75, 3.05) is 11.9 Å². The van der Waals surface area contributed by atoms with Crippen LogP contribution in [0.15, 0.2) is 24.3 Å². The van der Waals surface area contributed by atoms with Gasteiger partial charge in [-0.15, -0.1) is 0 Å². The average molecular weight is 414 g/mol. The fourth-order valence-electron chi connectivity index (χ4n) is 2.99. The van der Waals surface area contributed by atoms with Crippen LogP contribution in [0.1, 0.15) is 70.2 Å². The first-order valence-corrected chi connectivity index (χ1v) is 9.39. The molecule has 1 heterocycles. The van der Waals surface area contributed by atoms with Crippen molar-refractivity contribution >= 4 is 29.3 Å². The van der Waals surface area contributed by atoms with Gasteiger partial charge in [0, 0.05) is 16.9 Å². The standard InChI is InChI=1S/C22H26N2O6/c1-12-18(14(3)25)13(2)23-19(12)17(26)11-29-20(27)15-8-7-9-16(10-15)24-21(28)30-22(4,5)6/h7-10,23H,11H2,1-6H3,(H,24,28). The lowest BCUT2D eigenvalue weighted by molar-refractivity contribution is 0.0473. The zero-order valence-corrected chi connectivity index (χ0v) is 18.0. The number of ketones is 2. The summed E-state index contributed by atoms with van der Waals surface area (Å²) >= 11 is 0. The number of ether oxygens (including phenoxy) is 2. The van der Waals surface area contributed by atoms with E-state index in [0.717, 1.165) is 0 Å². The van der Waals surface area contributed by atoms with E-state index < -0.39 is 30.1 Å². The minimum atomic E-state index is -0.719. The van der Waals surface area contributed by atoms with Crippen LogP contribution in [0.4, 0.5) is 10.5 Å². The molecule has 0 radical (unpaired) electrons. The quantitative estimate of drug-likeness (QED) is 0.540. The molecule has 0 aliphatic heterocycles. The highest BCUT2D eigenvalue weighted by Gasteiger charge is 2.21. The molecule has 2 N–H and O–H groups in total. The maximum absolute atomic E-state index is 12.4. The van der Waals surface area contributed by atoms with E-state index in [0.29, 0.717) is 22.5 Å². The number of aryl methyl sites for hydroxylation is 1. The molecule has 0 fully saturated rings. The number of carbonyl (C=O) groups excluding carboxylic acids is 4. The number of H-pyrrole nitrogens is 1. The number of amides is 1. The van der Waals surface area contributed by atoms with E-state index in [4.69, 9.17) is 9.47 Å². The van der Waals surface area contributed by atoms with Gasteiger partial charge in [0.05, 0.1) is 11.3 Å². The summed E-state index contributed by atoms with van der Waals surface area (Å²) in [6, 6.07) is 6.10. The van der Waals surface area contributed by atoms with Crippen LogP contribution in [0.5, 0.6) is 0 Å². The Morgan fingerprint density at radius 1 is 1.10 bits per heavy atom. The van der Waals surface area contributed by atoms with Crippen molar-refractivity contribution in [1.29, 1.82) is 0 Å². The molecule has 160 valence electrons. The van der Waals surface area contributed by atoms with Crippen molar-refractivity contribution < 1.29 is 28.7 Å². The first kappa shape index (κ1) is 22.9. The van der Waals surface area contributed by atoms with Crippen LogP contribution in [0.25, 0.3) is 0 Å². The molecule has 0 bridgehead atoms. The number of aromatic amines is 1. The van der Waals surface area contributed by atoms with Crippen LogP contribution in [0.3, 0.4) is 0 Å². The maximum atomic E-state index is 12.4. The molecule has 1 aromatic heterocycles. The second kappa shape index (κ2) is 8.94. The van der Waals surface area contributed by atoms with E-state index in [1.807, 2.05) is 0 Å². The number of rotatable bonds is 6. The number of benzene rings is 1. The molecule has 1 aromatic carbocycles. The Bertz CT molecular complexity index is 998. The fourth-order valence-corrected chi connectivity index (χ4v) is 2.99. The third-order valence-corrected chi connectivity index (χ3v) is 4.15. The van der Waals surface area contributed by atoms with Crippen LogP contribution in [-0.4, -0.2) is 40.8 Å². The zero-order chi connectivity index (χ0) is 22.6. The first-order chi connectivity index (χ1) is 13.9. The summed E-state index contributed by atoms with van der Waals surface area (Å²) in [5.41, 5.74) is 1.70. The van der Waals surface area contributed by atoms with Crippen molar-refractivity contribution in [2.45, 2.75) is 47.1 Å². The molecule has 1 amide bonds. The van der Waals surface area contributed by atoms with E-state index in [9.17, 15) is 19.2 Å². The normalized spacial score (nSPS) is 11.0. The second-order valence-corrected chi connectivity index (χ2v) is 7.89. The summed E-state index contributed by atoms with van der Waals surface area (Å²) in [6.45, 7) is 9.53. The number of nitrogens with one attached hydrogen (secondary N) is 2. The van der Waals surface area contributed by atoms with Crippen molar-refractivity contribution in [3.8, 4) is 0 Å². The summed E-state index contributed by atoms with van der Waals surface area (Å²) in [5, 5.41) is 2.54. The van der Waals surface area contributed by atoms with E-state index in [-0.39, 0.29) is 17.0 Å². The van der Waals surface area contributed by atoms with Crippen molar-refractivity contribution in [3.63, 3.8) is 0 Å². The lowest BCUT2D eigenvalue weighted by atomic mass is 10.1. The van der Waals surface area contributed by atoms with Crippen LogP contribution in [0, 0.1) is 13.8 Å². The molecule has 2 rings (SSSR count). The highest BCUT2D eigenvalue weighted by molar-refractivity contribution is 6.04. The molecule has 0 spiro atoms. The van der Waals surface area contributed by atoms with Gasteiger partial charge in [0.1, 0.15) is 5.60 Å². The zero-order valence-electron chi connectivity index (χ0n) is 18.0. The summed E-state index contributed by atoms with van der Waals surface area (Å²) < 4.78 is 10.3. The Balaban J connectivity index is 2.03. The Morgan fingerprint density at radius 3 is 2.33 bits per heavy atom. The molecular formula is C22H26N2O6. The number of Topliss-reactive ketones (excluding diaryl/α,β-unsaturated/α-hetero) is 2. The minimum absolute atomic E-state index is 0.147. The molecule has 8 heteroatoms. The largest absolute Gasteiger partial charge is 0.454 e. The number of carbonyl (C=O) groups is 4. The molecule has 0 saturated heterocycles. The van der Waals surface area contributed by atoms with Gasteiger partial charge in [0.15, 0.2) is 12.4 Å². The highest BCUT2D eigenvalue weighted by Crippen LogP contribution is 2.19. The molecule has 0 saturated carbocycles. The third kappa shape index (κ3) is 5.79. The Labute approximate surface area is 175 Å². The van der Waals surface area contributed by atoms with Gasteiger partial charge in [-0.2, -0.15) is 0 Å². The number of aromatic nitrogens is 1. The minimum Gasteiger partial charge on any atom is -0.454 e. The van der Waals surface area contributed by atoms with Crippen molar-refractivity contribution in [3.05, 3.63) is 52.3 Å². The molecule has 30 heavy (non-hydrogen) atoms. The number of hydrogen-bond acceptors (Lipinski definition) is 6. The smallest absolute Gasteiger partial charge is 0.412 e. The molecule has 0 aliphatic rings. The SMILES string of the molecule is CC(=O)c1c(C)[nH]c(C(=O)COC(=O)c2cccc(NC(=O)OC(C)(C)C)c2)c1C. The Hall–Kier alpha value is -3.42. The van der Waals surface area contributed by atoms with Gasteiger partial charge in [-0.05, 0) is 65.3 Å². The number of anilines is 1. The average Bonchev–Trinajstić information content (AvgIpc) is 2.92. The fraction of sp³-hybridized carbons (Fsp3) is 0.364. The summed E-state index contributed by atoms with van der Waals surface area (Å²) in [6.07, 6.45) is -0.651. The highest BCUT2D eigenvalue weighted by atomic mass is 16.6. The summed E-state index contributed by atoms with van der Waals surface area (Å²) in [5.74, 6) is -1.31. The Morgan fingerprint density at radius 2 is 1.77 bits per heavy atom. The van der Waals surface area contributed by atoms with E-state index in [2.05, 4.69) is 10.3 Å². The maximum Gasteiger partial charge on any atom is 0.412 e. The third-order valence-electron chi connectivity index (χ3n) is 4.15. The number of hydrogen-bond donors (Lipinski definition) is 2. The van der Waals surface area contributed by atoms with Crippen LogP contribution >= 0.6 is 0 Å². The second-order valence-electron chi connectivity index (χ2n) is 7.89. The van der Waals surface area contributed by atoms with Crippen LogP contribution in [-0.2, 0) is 9.47 Å². The van der Waals surface area contributed by atoms with Crippen LogP contribution < -0.4 is 5.32 Å². The predicted molar refractivity (Wildman–Crippen MR) is 111 cm³/mol. The van der Waals surface area contributed by atoms with E-state index >= 15 is 0 Å². The van der Waals surface area contributed by atoms with Crippen LogP contribution in [0.2, 0.25) is 0 Å². The number of esters is 1. The lowest BCUT2D eigenvalue weighted by Crippen LogP contribution is -2.27. The van der Waals surface area contributed by atoms with Gasteiger partial charge in [-0.25, -0.2) is 9.59 Å². The van der Waals surface area contributed by atoms with Gasteiger partial charge >= 0.3 is 12.1 Å². The van der Waals surface area contributed by atoms with Gasteiger partial charge in [-0.3, -0.25) is 14.9 Å². The van der Waals surface area contributed by atoms with Crippen molar-refractivity contribution in [2.24, 2.45) is 0 Å². The Kier molecular flexibility index (Phi) is 6.81. The van der Waals surface area contributed by atoms with Gasteiger partial charge < -0.3 is 14.5 Å². The van der Waals surface area contributed by atoms with Crippen molar-refractivity contribution in [1.82, 2.24) is 4.98 Å². The monoisotopic (exact) mass is 414 g/mol. The molecular weight excluding hydrogens is 388 g/mol. The van der Waals surface area contributed by atoms with Gasteiger partial charge in [0.2, 0.25) is 5.78 Å². The molecule has 0 aliphatic carbocycles. The lowest BCUT2D eigenvalue weighted by Gasteiger charge is -2.19. The van der Waals surface area contributed by atoms with E-state index in [1.165, 1.54) is 19.1 Å². The topological polar surface area (TPSA) is 115 Å². The van der Waals surface area contributed by atoms with Gasteiger partial charge in [-0.1, -0.05) is 6.07 Å². The molecule has 8 nitrogen and oxygen atoms in total. The summed E-state index contributed by atoms with van der Waals surface area (Å²) in [7, 11) is 0. The van der Waals surface area contributed by atoms with Gasteiger partial charge in [0.25, 0.3) is 0 Å². The molecule has 0 unspecified atom stereocenters. The molecule has 0 atom stereocenters.